The van der Waals surface area contributed by atoms with Crippen molar-refractivity contribution in [3.05, 3.63) is 0 Å². The van der Waals surface area contributed by atoms with E-state index < -0.39 is 0 Å². The number of methoxy groups -OCH3 is 2. The van der Waals surface area contributed by atoms with E-state index in [4.69, 9.17) is 18.9 Å². The van der Waals surface area contributed by atoms with E-state index >= 15 is 0 Å². The van der Waals surface area contributed by atoms with Crippen molar-refractivity contribution in [3.63, 3.8) is 0 Å². The summed E-state index contributed by atoms with van der Waals surface area (Å²) in [6, 6.07) is 0. The number of esters is 2. The lowest BCUT2D eigenvalue weighted by Gasteiger charge is -2.05. The SMILES string of the molecule is COCCC(=O)OCCOC(=O)CCOC. The standard InChI is InChI=1S/C10H18O6/c1-13-5-3-9(11)15-7-8-16-10(12)4-6-14-2/h3-8H2,1-2H3. The van der Waals surface area contributed by atoms with Gasteiger partial charge in [0.25, 0.3) is 0 Å². The van der Waals surface area contributed by atoms with Crippen LogP contribution in [0.25, 0.3) is 0 Å². The Kier molecular flexibility index (Phi) is 9.64. The van der Waals surface area contributed by atoms with Gasteiger partial charge in [0.2, 0.25) is 0 Å². The number of ether oxygens (including phenoxy) is 4. The Morgan fingerprint density at radius 2 is 1.12 bits per heavy atom. The molecule has 0 aliphatic carbocycles. The van der Waals surface area contributed by atoms with Gasteiger partial charge in [-0.15, -0.1) is 0 Å². The maximum absolute atomic E-state index is 11.0. The molecule has 0 heterocycles. The molecule has 0 unspecified atom stereocenters. The third-order valence-corrected chi connectivity index (χ3v) is 1.63. The molecule has 0 fully saturated rings. The van der Waals surface area contributed by atoms with E-state index in [2.05, 4.69) is 0 Å². The summed E-state index contributed by atoms with van der Waals surface area (Å²) < 4.78 is 18.9. The van der Waals surface area contributed by atoms with Crippen molar-refractivity contribution in [1.82, 2.24) is 0 Å². The number of hydrogen-bond donors (Lipinski definition) is 0. The van der Waals surface area contributed by atoms with Crippen molar-refractivity contribution in [2.45, 2.75) is 12.8 Å². The van der Waals surface area contributed by atoms with E-state index in [1.54, 1.807) is 0 Å². The molecule has 0 bridgehead atoms. The number of carbonyl (C=O) groups is 2. The molecule has 0 spiro atoms. The normalized spacial score (nSPS) is 9.88. The summed E-state index contributed by atoms with van der Waals surface area (Å²) in [6.45, 7) is 0.793. The topological polar surface area (TPSA) is 71.1 Å². The lowest BCUT2D eigenvalue weighted by atomic mass is 10.4. The first kappa shape index (κ1) is 14.9. The maximum Gasteiger partial charge on any atom is 0.308 e. The fourth-order valence-electron chi connectivity index (χ4n) is 0.826. The van der Waals surface area contributed by atoms with E-state index in [0.717, 1.165) is 0 Å². The van der Waals surface area contributed by atoms with Crippen molar-refractivity contribution in [1.29, 1.82) is 0 Å². The van der Waals surface area contributed by atoms with Crippen LogP contribution in [0.4, 0.5) is 0 Å². The maximum atomic E-state index is 11.0. The van der Waals surface area contributed by atoms with Gasteiger partial charge in [-0.2, -0.15) is 0 Å². The van der Waals surface area contributed by atoms with E-state index in [0.29, 0.717) is 13.2 Å². The van der Waals surface area contributed by atoms with E-state index in [1.165, 1.54) is 14.2 Å². The summed E-state index contributed by atoms with van der Waals surface area (Å²) in [7, 11) is 3.01. The summed E-state index contributed by atoms with van der Waals surface area (Å²) >= 11 is 0. The summed E-state index contributed by atoms with van der Waals surface area (Å²) in [6.07, 6.45) is 0.405. The van der Waals surface area contributed by atoms with Crippen molar-refractivity contribution in [2.75, 3.05) is 40.6 Å². The lowest BCUT2D eigenvalue weighted by molar-refractivity contribution is -0.153. The zero-order valence-electron chi connectivity index (χ0n) is 9.69. The zero-order chi connectivity index (χ0) is 12.2. The highest BCUT2D eigenvalue weighted by atomic mass is 16.6. The number of rotatable bonds is 9. The molecule has 0 aliphatic rings. The molecular formula is C10H18O6. The summed E-state index contributed by atoms with van der Waals surface area (Å²) in [5.74, 6) is -0.732. The van der Waals surface area contributed by atoms with Gasteiger partial charge >= 0.3 is 11.9 Å². The molecule has 0 aliphatic heterocycles. The highest BCUT2D eigenvalue weighted by Crippen LogP contribution is 1.90. The minimum Gasteiger partial charge on any atom is -0.462 e. The Morgan fingerprint density at radius 1 is 0.750 bits per heavy atom. The second-order valence-electron chi connectivity index (χ2n) is 2.93. The van der Waals surface area contributed by atoms with Crippen molar-refractivity contribution in [3.8, 4) is 0 Å². The molecule has 0 aromatic carbocycles. The van der Waals surface area contributed by atoms with E-state index in [9.17, 15) is 9.59 Å². The summed E-state index contributed by atoms with van der Waals surface area (Å²) in [5, 5.41) is 0. The van der Waals surface area contributed by atoms with Gasteiger partial charge in [-0.1, -0.05) is 0 Å². The van der Waals surface area contributed by atoms with Crippen LogP contribution in [0.3, 0.4) is 0 Å². The first-order valence-corrected chi connectivity index (χ1v) is 4.99. The van der Waals surface area contributed by atoms with Crippen LogP contribution in [-0.2, 0) is 28.5 Å². The molecule has 0 amide bonds. The average Bonchev–Trinajstić information content (AvgIpc) is 2.29. The molecule has 94 valence electrons. The number of hydrogen-bond acceptors (Lipinski definition) is 6. The largest absolute Gasteiger partial charge is 0.462 e. The molecule has 0 rings (SSSR count). The second kappa shape index (κ2) is 10.4. The molecule has 0 aromatic rings. The van der Waals surface area contributed by atoms with Gasteiger partial charge in [0.15, 0.2) is 0 Å². The monoisotopic (exact) mass is 234 g/mol. The fourth-order valence-corrected chi connectivity index (χ4v) is 0.826. The molecule has 0 saturated heterocycles. The van der Waals surface area contributed by atoms with Gasteiger partial charge < -0.3 is 18.9 Å². The van der Waals surface area contributed by atoms with Crippen molar-refractivity contribution < 1.29 is 28.5 Å². The van der Waals surface area contributed by atoms with Gasteiger partial charge in [0, 0.05) is 14.2 Å². The molecule has 16 heavy (non-hydrogen) atoms. The second-order valence-corrected chi connectivity index (χ2v) is 2.93. The highest BCUT2D eigenvalue weighted by molar-refractivity contribution is 5.70. The Bertz CT molecular complexity index is 181. The zero-order valence-corrected chi connectivity index (χ0v) is 9.69. The molecule has 0 radical (unpaired) electrons. The van der Waals surface area contributed by atoms with Crippen LogP contribution in [0.15, 0.2) is 0 Å². The van der Waals surface area contributed by atoms with Crippen LogP contribution >= 0.6 is 0 Å². The number of carbonyl (C=O) groups excluding carboxylic acids is 2. The van der Waals surface area contributed by atoms with Gasteiger partial charge in [-0.3, -0.25) is 9.59 Å². The van der Waals surface area contributed by atoms with Crippen LogP contribution in [0.1, 0.15) is 12.8 Å². The predicted octanol–water partition coefficient (Wildman–Crippen LogP) is 0.146. The Morgan fingerprint density at radius 3 is 1.44 bits per heavy atom. The first-order valence-electron chi connectivity index (χ1n) is 4.99. The van der Waals surface area contributed by atoms with Gasteiger partial charge in [-0.25, -0.2) is 0 Å². The molecule has 0 N–H and O–H groups in total. The van der Waals surface area contributed by atoms with E-state index in [1.807, 2.05) is 0 Å². The first-order chi connectivity index (χ1) is 7.70. The Labute approximate surface area is 94.8 Å². The summed E-state index contributed by atoms with van der Waals surface area (Å²) in [5.41, 5.74) is 0. The van der Waals surface area contributed by atoms with Crippen molar-refractivity contribution >= 4 is 11.9 Å². The lowest BCUT2D eigenvalue weighted by Crippen LogP contribution is -2.15. The highest BCUT2D eigenvalue weighted by Gasteiger charge is 2.04. The average molecular weight is 234 g/mol. The molecule has 6 heteroatoms. The van der Waals surface area contributed by atoms with Gasteiger partial charge in [0.05, 0.1) is 26.1 Å². The molecular weight excluding hydrogens is 216 g/mol. The smallest absolute Gasteiger partial charge is 0.308 e. The molecule has 0 atom stereocenters. The Hall–Kier alpha value is -1.14. The Balaban J connectivity index is 3.31. The molecule has 0 aromatic heterocycles. The summed E-state index contributed by atoms with van der Waals surface area (Å²) in [4.78, 5) is 21.9. The van der Waals surface area contributed by atoms with Crippen molar-refractivity contribution in [2.24, 2.45) is 0 Å². The minimum atomic E-state index is -0.366. The predicted molar refractivity (Wildman–Crippen MR) is 54.9 cm³/mol. The van der Waals surface area contributed by atoms with Gasteiger partial charge in [0.1, 0.15) is 13.2 Å². The van der Waals surface area contributed by atoms with Gasteiger partial charge in [-0.05, 0) is 0 Å². The third kappa shape index (κ3) is 9.42. The van der Waals surface area contributed by atoms with Crippen LogP contribution < -0.4 is 0 Å². The van der Waals surface area contributed by atoms with Crippen LogP contribution in [0.5, 0.6) is 0 Å². The van der Waals surface area contributed by atoms with Crippen LogP contribution in [0, 0.1) is 0 Å². The quantitative estimate of drug-likeness (QED) is 0.417. The molecule has 0 saturated carbocycles. The fraction of sp³-hybridized carbons (Fsp3) is 0.800. The third-order valence-electron chi connectivity index (χ3n) is 1.63. The minimum absolute atomic E-state index is 0.0707. The van der Waals surface area contributed by atoms with Crippen LogP contribution in [0.2, 0.25) is 0 Å². The van der Waals surface area contributed by atoms with Crippen LogP contribution in [-0.4, -0.2) is 52.6 Å². The molecule has 6 nitrogen and oxygen atoms in total. The van der Waals surface area contributed by atoms with E-state index in [-0.39, 0.29) is 38.0 Å².